The van der Waals surface area contributed by atoms with Gasteiger partial charge in [-0.15, -0.1) is 0 Å². The van der Waals surface area contributed by atoms with Gasteiger partial charge in [-0.05, 0) is 62.1 Å². The van der Waals surface area contributed by atoms with Crippen LogP contribution >= 0.6 is 0 Å². The van der Waals surface area contributed by atoms with Crippen LogP contribution < -0.4 is 0 Å². The van der Waals surface area contributed by atoms with Crippen molar-refractivity contribution in [1.82, 2.24) is 14.7 Å². The van der Waals surface area contributed by atoms with Gasteiger partial charge in [0.05, 0.1) is 0 Å². The predicted octanol–water partition coefficient (Wildman–Crippen LogP) is 3.48. The summed E-state index contributed by atoms with van der Waals surface area (Å²) in [4.78, 5) is 8.21. The Bertz CT molecular complexity index is 626. The molecule has 3 heteroatoms. The normalized spacial score (nSPS) is 33.1. The highest BCUT2D eigenvalue weighted by molar-refractivity contribution is 5.14. The first kappa shape index (κ1) is 17.9. The molecule has 3 fully saturated rings. The number of hydrogen-bond acceptors (Lipinski definition) is 3. The molecule has 4 aliphatic rings. The largest absolute Gasteiger partial charge is 0.300 e. The number of piperazine rings is 1. The van der Waals surface area contributed by atoms with Gasteiger partial charge in [0.2, 0.25) is 0 Å². The molecule has 146 valence electrons. The molecule has 1 aromatic rings. The van der Waals surface area contributed by atoms with Crippen LogP contribution in [0.2, 0.25) is 0 Å². The van der Waals surface area contributed by atoms with Crippen molar-refractivity contribution in [3.05, 3.63) is 48.0 Å². The van der Waals surface area contributed by atoms with E-state index in [0.717, 1.165) is 30.3 Å². The number of piperidine rings is 1. The van der Waals surface area contributed by atoms with Crippen LogP contribution in [-0.4, -0.2) is 66.6 Å². The molecule has 0 amide bonds. The molecule has 2 aliphatic heterocycles. The number of rotatable bonds is 5. The van der Waals surface area contributed by atoms with Gasteiger partial charge < -0.3 is 4.90 Å². The second-order valence-corrected chi connectivity index (χ2v) is 9.37. The number of fused-ring (bicyclic) bond motifs is 2. The Morgan fingerprint density at radius 2 is 1.56 bits per heavy atom. The van der Waals surface area contributed by atoms with E-state index in [2.05, 4.69) is 57.2 Å². The van der Waals surface area contributed by atoms with Gasteiger partial charge in [-0.2, -0.15) is 0 Å². The molecule has 2 bridgehead atoms. The zero-order valence-electron chi connectivity index (χ0n) is 16.7. The third-order valence-electron chi connectivity index (χ3n) is 7.64. The first-order chi connectivity index (χ1) is 13.3. The van der Waals surface area contributed by atoms with Gasteiger partial charge in [0.15, 0.2) is 0 Å². The molecule has 0 spiro atoms. The van der Waals surface area contributed by atoms with Gasteiger partial charge in [0, 0.05) is 45.3 Å². The molecule has 0 unspecified atom stereocenters. The maximum absolute atomic E-state index is 2.80. The summed E-state index contributed by atoms with van der Waals surface area (Å²) in [6.45, 7) is 10.2. The maximum Gasteiger partial charge on any atom is 0.0233 e. The number of hydrogen-bond donors (Lipinski definition) is 0. The van der Waals surface area contributed by atoms with Gasteiger partial charge in [0.1, 0.15) is 0 Å². The summed E-state index contributed by atoms with van der Waals surface area (Å²) >= 11 is 0. The Morgan fingerprint density at radius 3 is 2.22 bits per heavy atom. The van der Waals surface area contributed by atoms with Crippen molar-refractivity contribution < 1.29 is 0 Å². The van der Waals surface area contributed by atoms with Crippen molar-refractivity contribution in [1.29, 1.82) is 0 Å². The fraction of sp³-hybridized carbons (Fsp3) is 0.667. The minimum absolute atomic E-state index is 0.824. The highest BCUT2D eigenvalue weighted by Gasteiger charge is 2.37. The molecule has 2 heterocycles. The standard InChI is InChI=1S/C24H35N3/c1-2-4-20(5-3-1)18-25-10-8-24(9-11-25)27-14-12-26(13-15-27)19-23-17-21-6-7-22(23)16-21/h1-7,21-24H,8-19H2/t21-,22-,23-/m0/s1. The molecular weight excluding hydrogens is 330 g/mol. The summed E-state index contributed by atoms with van der Waals surface area (Å²) in [5.41, 5.74) is 1.46. The van der Waals surface area contributed by atoms with Gasteiger partial charge in [0.25, 0.3) is 0 Å². The van der Waals surface area contributed by atoms with Crippen LogP contribution in [0, 0.1) is 17.8 Å². The lowest BCUT2D eigenvalue weighted by Crippen LogP contribution is -2.53. The minimum Gasteiger partial charge on any atom is -0.300 e. The van der Waals surface area contributed by atoms with E-state index in [0.29, 0.717) is 0 Å². The van der Waals surface area contributed by atoms with Crippen molar-refractivity contribution in [2.24, 2.45) is 17.8 Å². The van der Waals surface area contributed by atoms with Crippen LogP contribution in [0.15, 0.2) is 42.5 Å². The van der Waals surface area contributed by atoms with Gasteiger partial charge in [-0.3, -0.25) is 9.80 Å². The van der Waals surface area contributed by atoms with Gasteiger partial charge >= 0.3 is 0 Å². The van der Waals surface area contributed by atoms with Crippen molar-refractivity contribution in [3.8, 4) is 0 Å². The monoisotopic (exact) mass is 365 g/mol. The average Bonchev–Trinajstić information content (AvgIpc) is 3.33. The molecule has 3 atom stereocenters. The van der Waals surface area contributed by atoms with E-state index in [1.165, 1.54) is 77.1 Å². The summed E-state index contributed by atoms with van der Waals surface area (Å²) in [6.07, 6.45) is 10.6. The third-order valence-corrected chi connectivity index (χ3v) is 7.64. The Balaban J connectivity index is 1.04. The predicted molar refractivity (Wildman–Crippen MR) is 112 cm³/mol. The SMILES string of the molecule is C1=C[C@H]2C[C@H]1C[C@H]2CN1CCN(C2CCN(Cc3ccccc3)CC2)CC1. The molecular formula is C24H35N3. The van der Waals surface area contributed by atoms with Gasteiger partial charge in [-0.25, -0.2) is 0 Å². The van der Waals surface area contributed by atoms with Gasteiger partial charge in [-0.1, -0.05) is 42.5 Å². The van der Waals surface area contributed by atoms with Crippen LogP contribution in [0.5, 0.6) is 0 Å². The first-order valence-electron chi connectivity index (χ1n) is 11.2. The van der Waals surface area contributed by atoms with Crippen molar-refractivity contribution in [2.75, 3.05) is 45.8 Å². The number of nitrogens with zero attached hydrogens (tertiary/aromatic N) is 3. The molecule has 0 N–H and O–H groups in total. The van der Waals surface area contributed by atoms with E-state index in [4.69, 9.17) is 0 Å². The fourth-order valence-corrected chi connectivity index (χ4v) is 6.03. The van der Waals surface area contributed by atoms with Crippen LogP contribution in [0.4, 0.5) is 0 Å². The average molecular weight is 366 g/mol. The minimum atomic E-state index is 0.824. The van der Waals surface area contributed by atoms with E-state index in [-0.39, 0.29) is 0 Å². The Labute approximate surface area is 165 Å². The lowest BCUT2D eigenvalue weighted by molar-refractivity contribution is 0.0505. The van der Waals surface area contributed by atoms with E-state index >= 15 is 0 Å². The summed E-state index contributed by atoms with van der Waals surface area (Å²) < 4.78 is 0. The second-order valence-electron chi connectivity index (χ2n) is 9.37. The number of benzene rings is 1. The molecule has 27 heavy (non-hydrogen) atoms. The number of allylic oxidation sites excluding steroid dienone is 2. The number of likely N-dealkylation sites (tertiary alicyclic amines) is 1. The second kappa shape index (κ2) is 8.06. The van der Waals surface area contributed by atoms with E-state index in [9.17, 15) is 0 Å². The van der Waals surface area contributed by atoms with Crippen LogP contribution in [0.3, 0.4) is 0 Å². The Hall–Kier alpha value is -1.16. The summed E-state index contributed by atoms with van der Waals surface area (Å²) in [5.74, 6) is 2.78. The molecule has 0 radical (unpaired) electrons. The van der Waals surface area contributed by atoms with E-state index in [1.807, 2.05) is 0 Å². The zero-order valence-corrected chi connectivity index (χ0v) is 16.7. The smallest absolute Gasteiger partial charge is 0.0233 e. The molecule has 2 aliphatic carbocycles. The molecule has 5 rings (SSSR count). The third kappa shape index (κ3) is 4.16. The highest BCUT2D eigenvalue weighted by Crippen LogP contribution is 2.43. The Morgan fingerprint density at radius 1 is 0.778 bits per heavy atom. The summed E-state index contributed by atoms with van der Waals surface area (Å²) in [5, 5.41) is 0. The van der Waals surface area contributed by atoms with Crippen molar-refractivity contribution in [2.45, 2.75) is 38.3 Å². The van der Waals surface area contributed by atoms with Crippen LogP contribution in [0.25, 0.3) is 0 Å². The summed E-state index contributed by atoms with van der Waals surface area (Å²) in [7, 11) is 0. The van der Waals surface area contributed by atoms with Crippen molar-refractivity contribution in [3.63, 3.8) is 0 Å². The highest BCUT2D eigenvalue weighted by atomic mass is 15.3. The zero-order chi connectivity index (χ0) is 18.1. The molecule has 2 saturated heterocycles. The summed E-state index contributed by atoms with van der Waals surface area (Å²) in [6, 6.07) is 11.8. The molecule has 1 aromatic carbocycles. The Kier molecular flexibility index (Phi) is 5.35. The maximum atomic E-state index is 2.80. The quantitative estimate of drug-likeness (QED) is 0.740. The van der Waals surface area contributed by atoms with Crippen LogP contribution in [0.1, 0.15) is 31.2 Å². The molecule has 3 nitrogen and oxygen atoms in total. The van der Waals surface area contributed by atoms with E-state index < -0.39 is 0 Å². The van der Waals surface area contributed by atoms with E-state index in [1.54, 1.807) is 0 Å². The molecule has 1 saturated carbocycles. The lowest BCUT2D eigenvalue weighted by Gasteiger charge is -2.43. The topological polar surface area (TPSA) is 9.72 Å². The molecule has 0 aromatic heterocycles. The van der Waals surface area contributed by atoms with Crippen molar-refractivity contribution >= 4 is 0 Å². The first-order valence-corrected chi connectivity index (χ1v) is 11.2. The van der Waals surface area contributed by atoms with Crippen LogP contribution in [-0.2, 0) is 6.54 Å². The lowest BCUT2D eigenvalue weighted by atomic mass is 9.93. The fourth-order valence-electron chi connectivity index (χ4n) is 6.03.